The van der Waals surface area contributed by atoms with Gasteiger partial charge in [0.25, 0.3) is 5.91 Å². The Hall–Kier alpha value is -2.83. The maximum Gasteiger partial charge on any atom is 0.252 e. The minimum Gasteiger partial charge on any atom is -0.496 e. The highest BCUT2D eigenvalue weighted by Crippen LogP contribution is 2.54. The number of carbonyl (C=O) groups is 2. The number of ether oxygens (including phenoxy) is 2. The molecule has 0 radical (unpaired) electrons. The molecule has 7 nitrogen and oxygen atoms in total. The van der Waals surface area contributed by atoms with Crippen molar-refractivity contribution >= 4 is 22.6 Å². The number of methoxy groups -OCH3 is 1. The lowest BCUT2D eigenvalue weighted by Gasteiger charge is -2.18. The molecular weight excluding hydrogens is 322 g/mol. The molecule has 1 saturated heterocycles. The summed E-state index contributed by atoms with van der Waals surface area (Å²) in [7, 11) is 1.48. The first-order valence-electron chi connectivity index (χ1n) is 8.21. The molecular formula is C18H19N3O4. The largest absolute Gasteiger partial charge is 0.496 e. The van der Waals surface area contributed by atoms with Crippen LogP contribution in [0.25, 0.3) is 10.8 Å². The molecule has 2 heterocycles. The van der Waals surface area contributed by atoms with Crippen LogP contribution >= 0.6 is 0 Å². The van der Waals surface area contributed by atoms with Gasteiger partial charge in [0, 0.05) is 23.4 Å². The molecule has 2 aliphatic rings. The quantitative estimate of drug-likeness (QED) is 0.855. The van der Waals surface area contributed by atoms with Crippen molar-refractivity contribution < 1.29 is 19.1 Å². The van der Waals surface area contributed by atoms with Gasteiger partial charge in [-0.05, 0) is 36.4 Å². The average Bonchev–Trinajstić information content (AvgIpc) is 3.29. The average molecular weight is 341 g/mol. The van der Waals surface area contributed by atoms with Gasteiger partial charge in [-0.1, -0.05) is 0 Å². The van der Waals surface area contributed by atoms with Gasteiger partial charge in [-0.15, -0.1) is 0 Å². The Labute approximate surface area is 144 Å². The lowest BCUT2D eigenvalue weighted by Crippen LogP contribution is -2.35. The number of pyridine rings is 1. The molecule has 0 bridgehead atoms. The Morgan fingerprint density at radius 2 is 2.24 bits per heavy atom. The van der Waals surface area contributed by atoms with Crippen molar-refractivity contribution in [2.45, 2.75) is 25.3 Å². The molecule has 2 aromatic rings. The monoisotopic (exact) mass is 341 g/mol. The Morgan fingerprint density at radius 3 is 2.92 bits per heavy atom. The van der Waals surface area contributed by atoms with E-state index in [0.29, 0.717) is 30.2 Å². The van der Waals surface area contributed by atoms with Gasteiger partial charge in [0.15, 0.2) is 0 Å². The van der Waals surface area contributed by atoms with Crippen molar-refractivity contribution in [2.75, 3.05) is 13.7 Å². The molecule has 1 saturated carbocycles. The van der Waals surface area contributed by atoms with Gasteiger partial charge in [0.2, 0.25) is 11.8 Å². The summed E-state index contributed by atoms with van der Waals surface area (Å²) in [6.45, 7) is 0.373. The second-order valence-electron chi connectivity index (χ2n) is 6.72. The maximum atomic E-state index is 11.7. The molecule has 2 amide bonds. The van der Waals surface area contributed by atoms with Crippen LogP contribution in [0.1, 0.15) is 29.6 Å². The van der Waals surface area contributed by atoms with Gasteiger partial charge in [-0.25, -0.2) is 4.98 Å². The zero-order valence-electron chi connectivity index (χ0n) is 13.9. The molecule has 7 heteroatoms. The van der Waals surface area contributed by atoms with Gasteiger partial charge in [0.1, 0.15) is 12.4 Å². The number of nitrogens with zero attached hydrogens (tertiary/aromatic N) is 1. The van der Waals surface area contributed by atoms with E-state index in [-0.39, 0.29) is 17.4 Å². The maximum absolute atomic E-state index is 11.7. The Kier molecular flexibility index (Phi) is 3.52. The standard InChI is InChI=1S/C18H19N3O4/c1-24-13-7-11-10(6-12(13)16(19)23)2-5-20-17(11)25-9-14-18(3-4-18)8-15(22)21-14/h2,5-7,14H,3-4,8-9H2,1H3,(H2,19,23)(H,21,22). The first-order chi connectivity index (χ1) is 12.0. The van der Waals surface area contributed by atoms with Crippen LogP contribution in [0.2, 0.25) is 0 Å². The third kappa shape index (κ3) is 2.65. The molecule has 25 heavy (non-hydrogen) atoms. The van der Waals surface area contributed by atoms with Crippen molar-refractivity contribution in [2.24, 2.45) is 11.1 Å². The number of nitrogens with one attached hydrogen (secondary N) is 1. The smallest absolute Gasteiger partial charge is 0.252 e. The number of hydrogen-bond donors (Lipinski definition) is 2. The number of aromatic nitrogens is 1. The number of carbonyl (C=O) groups excluding carboxylic acids is 2. The highest BCUT2D eigenvalue weighted by Gasteiger charge is 2.55. The second-order valence-corrected chi connectivity index (χ2v) is 6.72. The molecule has 3 N–H and O–H groups in total. The zero-order chi connectivity index (χ0) is 17.6. The van der Waals surface area contributed by atoms with Crippen LogP contribution in [0.15, 0.2) is 24.4 Å². The molecule has 1 aromatic heterocycles. The van der Waals surface area contributed by atoms with E-state index >= 15 is 0 Å². The van der Waals surface area contributed by atoms with Gasteiger partial charge < -0.3 is 20.5 Å². The van der Waals surface area contributed by atoms with Crippen LogP contribution in [0, 0.1) is 5.41 Å². The summed E-state index contributed by atoms with van der Waals surface area (Å²) in [5.74, 6) is 0.363. The molecule has 1 aliphatic heterocycles. The SMILES string of the molecule is COc1cc2c(OCC3NC(=O)CC34CC4)nccc2cc1C(N)=O. The van der Waals surface area contributed by atoms with E-state index in [2.05, 4.69) is 10.3 Å². The first-order valence-corrected chi connectivity index (χ1v) is 8.21. The van der Waals surface area contributed by atoms with Crippen LogP contribution in [-0.4, -0.2) is 36.6 Å². The molecule has 1 aromatic carbocycles. The third-order valence-corrected chi connectivity index (χ3v) is 5.18. The summed E-state index contributed by atoms with van der Waals surface area (Å²) in [4.78, 5) is 27.5. The summed E-state index contributed by atoms with van der Waals surface area (Å²) in [6.07, 6.45) is 4.31. The van der Waals surface area contributed by atoms with Crippen LogP contribution in [-0.2, 0) is 4.79 Å². The summed E-state index contributed by atoms with van der Waals surface area (Å²) in [5, 5.41) is 4.52. The van der Waals surface area contributed by atoms with Gasteiger partial charge in [-0.2, -0.15) is 0 Å². The highest BCUT2D eigenvalue weighted by atomic mass is 16.5. The molecule has 1 aliphatic carbocycles. The molecule has 1 atom stereocenters. The topological polar surface area (TPSA) is 104 Å². The number of rotatable bonds is 5. The molecule has 2 fully saturated rings. The predicted molar refractivity (Wildman–Crippen MR) is 90.5 cm³/mol. The van der Waals surface area contributed by atoms with E-state index in [1.165, 1.54) is 7.11 Å². The van der Waals surface area contributed by atoms with Gasteiger partial charge >= 0.3 is 0 Å². The van der Waals surface area contributed by atoms with Gasteiger partial charge in [-0.3, -0.25) is 9.59 Å². The van der Waals surface area contributed by atoms with Crippen molar-refractivity contribution in [3.05, 3.63) is 30.0 Å². The number of amides is 2. The van der Waals surface area contributed by atoms with Crippen LogP contribution in [0.5, 0.6) is 11.6 Å². The number of nitrogens with two attached hydrogens (primary N) is 1. The lowest BCUT2D eigenvalue weighted by atomic mass is 9.98. The summed E-state index contributed by atoms with van der Waals surface area (Å²) in [5.41, 5.74) is 5.78. The number of primary amides is 1. The summed E-state index contributed by atoms with van der Waals surface area (Å²) < 4.78 is 11.2. The fourth-order valence-electron chi connectivity index (χ4n) is 3.56. The van der Waals surface area contributed by atoms with Crippen molar-refractivity contribution in [1.82, 2.24) is 10.3 Å². The van der Waals surface area contributed by atoms with E-state index in [4.69, 9.17) is 15.2 Å². The second kappa shape index (κ2) is 5.61. The Bertz CT molecular complexity index is 876. The molecule has 1 spiro atoms. The van der Waals surface area contributed by atoms with E-state index < -0.39 is 5.91 Å². The zero-order valence-corrected chi connectivity index (χ0v) is 13.9. The predicted octanol–water partition coefficient (Wildman–Crippen LogP) is 1.39. The van der Waals surface area contributed by atoms with E-state index in [1.54, 1.807) is 24.4 Å². The van der Waals surface area contributed by atoms with Crippen LogP contribution in [0.3, 0.4) is 0 Å². The van der Waals surface area contributed by atoms with Gasteiger partial charge in [0.05, 0.1) is 18.7 Å². The normalized spacial score (nSPS) is 20.5. The third-order valence-electron chi connectivity index (χ3n) is 5.18. The molecule has 4 rings (SSSR count). The molecule has 130 valence electrons. The number of hydrogen-bond acceptors (Lipinski definition) is 5. The number of benzene rings is 1. The minimum absolute atomic E-state index is 0.0174. The molecule has 1 unspecified atom stereocenters. The fourth-order valence-corrected chi connectivity index (χ4v) is 3.56. The highest BCUT2D eigenvalue weighted by molar-refractivity contribution is 6.01. The summed E-state index contributed by atoms with van der Waals surface area (Å²) in [6, 6.07) is 5.18. The Morgan fingerprint density at radius 1 is 1.44 bits per heavy atom. The van der Waals surface area contributed by atoms with E-state index in [0.717, 1.165) is 23.6 Å². The van der Waals surface area contributed by atoms with Crippen molar-refractivity contribution in [3.8, 4) is 11.6 Å². The van der Waals surface area contributed by atoms with E-state index in [9.17, 15) is 9.59 Å². The fraction of sp³-hybridized carbons (Fsp3) is 0.389. The summed E-state index contributed by atoms with van der Waals surface area (Å²) >= 11 is 0. The van der Waals surface area contributed by atoms with Crippen molar-refractivity contribution in [3.63, 3.8) is 0 Å². The van der Waals surface area contributed by atoms with Crippen LogP contribution < -0.4 is 20.5 Å². The number of fused-ring (bicyclic) bond motifs is 1. The van der Waals surface area contributed by atoms with Crippen molar-refractivity contribution in [1.29, 1.82) is 0 Å². The van der Waals surface area contributed by atoms with Crippen LogP contribution in [0.4, 0.5) is 0 Å². The lowest BCUT2D eigenvalue weighted by molar-refractivity contribution is -0.119. The minimum atomic E-state index is -0.553. The Balaban J connectivity index is 1.63. The first kappa shape index (κ1) is 15.7. The van der Waals surface area contributed by atoms with E-state index in [1.807, 2.05) is 0 Å².